The number of anilines is 1. The summed E-state index contributed by atoms with van der Waals surface area (Å²) in [6, 6.07) is 6.59. The minimum Gasteiger partial charge on any atom is -0.481 e. The number of hydrogen-bond acceptors (Lipinski definition) is 6. The third kappa shape index (κ3) is 7.67. The molecule has 5 N–H and O–H groups in total. The Morgan fingerprint density at radius 1 is 1.07 bits per heavy atom. The van der Waals surface area contributed by atoms with Crippen molar-refractivity contribution in [3.63, 3.8) is 0 Å². The first-order valence-corrected chi connectivity index (χ1v) is 7.41. The second-order valence-electron chi connectivity index (χ2n) is 5.61. The molecule has 1 aliphatic rings. The lowest BCUT2D eigenvalue weighted by atomic mass is 10.1. The highest BCUT2D eigenvalue weighted by molar-refractivity contribution is 5.97. The van der Waals surface area contributed by atoms with Crippen molar-refractivity contribution in [2.24, 2.45) is 10.9 Å². The van der Waals surface area contributed by atoms with Gasteiger partial charge in [-0.25, -0.2) is 0 Å². The number of piperazine rings is 1. The first-order chi connectivity index (χ1) is 11.4. The number of nitrogens with zero attached hydrogens (tertiary/aromatic N) is 3. The third-order valence-electron chi connectivity index (χ3n) is 3.94. The molecule has 1 aromatic rings. The number of amidine groups is 1. The predicted octanol–water partition coefficient (Wildman–Crippen LogP) is 1.10. The number of carboxylic acid groups (broad SMARTS) is 2. The number of carbonyl (C=O) groups is 2. The third-order valence-corrected chi connectivity index (χ3v) is 3.94. The van der Waals surface area contributed by atoms with E-state index in [1.165, 1.54) is 0 Å². The molecule has 154 valence electrons. The minimum absolute atomic E-state index is 0. The van der Waals surface area contributed by atoms with Crippen LogP contribution in [0.1, 0.15) is 12.0 Å². The van der Waals surface area contributed by atoms with E-state index in [9.17, 15) is 9.59 Å². The van der Waals surface area contributed by atoms with Crippen LogP contribution < -0.4 is 10.6 Å². The van der Waals surface area contributed by atoms with Gasteiger partial charge in [0.1, 0.15) is 0 Å². The van der Waals surface area contributed by atoms with Gasteiger partial charge in [0, 0.05) is 30.9 Å². The van der Waals surface area contributed by atoms with Gasteiger partial charge in [-0.2, -0.15) is 0 Å². The maximum absolute atomic E-state index is 11.1. The highest BCUT2D eigenvalue weighted by atomic mass is 35.5. The quantitative estimate of drug-likeness (QED) is 0.221. The highest BCUT2D eigenvalue weighted by Crippen LogP contribution is 2.23. The summed E-state index contributed by atoms with van der Waals surface area (Å²) in [5, 5.41) is 29.6. The summed E-state index contributed by atoms with van der Waals surface area (Å²) in [5.74, 6) is -1.87. The molecule has 0 spiro atoms. The van der Waals surface area contributed by atoms with Gasteiger partial charge >= 0.3 is 11.9 Å². The molecule has 1 fully saturated rings. The summed E-state index contributed by atoms with van der Waals surface area (Å²) in [5.41, 5.74) is 6.89. The number of benzene rings is 1. The Labute approximate surface area is 175 Å². The number of oxime groups is 1. The van der Waals surface area contributed by atoms with Gasteiger partial charge in [0.2, 0.25) is 0 Å². The number of hydrogen-bond donors (Lipinski definition) is 4. The monoisotopic (exact) mass is 444 g/mol. The summed E-state index contributed by atoms with van der Waals surface area (Å²) in [6.45, 7) is 1.31. The Balaban J connectivity index is 0. The van der Waals surface area contributed by atoms with Gasteiger partial charge < -0.3 is 26.1 Å². The molecule has 1 aromatic carbocycles. The fourth-order valence-corrected chi connectivity index (χ4v) is 2.85. The van der Waals surface area contributed by atoms with Crippen molar-refractivity contribution in [1.82, 2.24) is 4.90 Å². The van der Waals surface area contributed by atoms with Gasteiger partial charge in [0.05, 0.1) is 19.0 Å². The summed E-state index contributed by atoms with van der Waals surface area (Å²) < 4.78 is 0. The van der Waals surface area contributed by atoms with E-state index in [1.54, 1.807) is 29.2 Å². The zero-order valence-corrected chi connectivity index (χ0v) is 16.7. The average Bonchev–Trinajstić information content (AvgIpc) is 2.53. The fraction of sp³-hybridized carbons (Fsp3) is 0.400. The van der Waals surface area contributed by atoms with E-state index in [0.29, 0.717) is 25.2 Å². The first kappa shape index (κ1) is 27.3. The van der Waals surface area contributed by atoms with E-state index in [0.717, 1.165) is 5.69 Å². The Morgan fingerprint density at radius 3 is 2.15 bits per heavy atom. The molecule has 0 radical (unpaired) electrons. The van der Waals surface area contributed by atoms with Crippen LogP contribution in [0.2, 0.25) is 0 Å². The van der Waals surface area contributed by atoms with E-state index in [-0.39, 0.29) is 62.1 Å². The number of nitrogens with two attached hydrogens (primary N) is 1. The van der Waals surface area contributed by atoms with Gasteiger partial charge in [-0.3, -0.25) is 14.5 Å². The van der Waals surface area contributed by atoms with Gasteiger partial charge in [-0.15, -0.1) is 37.2 Å². The van der Waals surface area contributed by atoms with E-state index < -0.39 is 11.9 Å². The molecular weight excluding hydrogens is 423 g/mol. The van der Waals surface area contributed by atoms with E-state index in [1.807, 2.05) is 4.90 Å². The molecule has 12 heteroatoms. The van der Waals surface area contributed by atoms with Gasteiger partial charge in [0.15, 0.2) is 5.84 Å². The molecule has 0 saturated carbocycles. The van der Waals surface area contributed by atoms with Crippen molar-refractivity contribution in [3.8, 4) is 0 Å². The second-order valence-corrected chi connectivity index (χ2v) is 5.61. The molecule has 1 aliphatic heterocycles. The largest absolute Gasteiger partial charge is 0.481 e. The van der Waals surface area contributed by atoms with Crippen LogP contribution in [0.4, 0.5) is 5.69 Å². The van der Waals surface area contributed by atoms with Crippen molar-refractivity contribution in [2.75, 3.05) is 31.1 Å². The average molecular weight is 446 g/mol. The van der Waals surface area contributed by atoms with Crippen LogP contribution in [0, 0.1) is 0 Å². The van der Waals surface area contributed by atoms with Crippen LogP contribution in [-0.2, 0) is 9.59 Å². The van der Waals surface area contributed by atoms with E-state index in [2.05, 4.69) is 5.16 Å². The Hall–Kier alpha value is -1.94. The molecule has 0 aliphatic carbocycles. The first-order valence-electron chi connectivity index (χ1n) is 7.41. The SMILES string of the molecule is Cl.Cl.Cl.N/C(=N\O)c1ccc(N2CCN(CC(=O)O)CC2CC(=O)O)cc1. The standard InChI is InChI=1S/C15H20N4O5.3ClH/c16-15(17-24)10-1-3-11(4-2-10)19-6-5-18(9-14(22)23)8-12(19)7-13(20)21;;;/h1-4,12,24H,5-9H2,(H2,16,17)(H,20,21)(H,22,23);3*1H. The topological polar surface area (TPSA) is 140 Å². The lowest BCUT2D eigenvalue weighted by molar-refractivity contribution is -0.138. The lowest BCUT2D eigenvalue weighted by Gasteiger charge is -2.41. The van der Waals surface area contributed by atoms with Crippen LogP contribution in [0.25, 0.3) is 0 Å². The molecule has 27 heavy (non-hydrogen) atoms. The van der Waals surface area contributed by atoms with Crippen LogP contribution in [0.5, 0.6) is 0 Å². The predicted molar refractivity (Wildman–Crippen MR) is 108 cm³/mol. The molecule has 1 atom stereocenters. The smallest absolute Gasteiger partial charge is 0.317 e. The zero-order chi connectivity index (χ0) is 17.7. The Kier molecular flexibility index (Phi) is 12.6. The van der Waals surface area contributed by atoms with Crippen LogP contribution in [0.15, 0.2) is 29.4 Å². The maximum atomic E-state index is 11.1. The molecular formula is C15H23Cl3N4O5. The molecule has 9 nitrogen and oxygen atoms in total. The highest BCUT2D eigenvalue weighted by Gasteiger charge is 2.29. The molecule has 1 unspecified atom stereocenters. The summed E-state index contributed by atoms with van der Waals surface area (Å²) >= 11 is 0. The Bertz CT molecular complexity index is 645. The zero-order valence-electron chi connectivity index (χ0n) is 14.2. The number of rotatable bonds is 6. The van der Waals surface area contributed by atoms with Crippen LogP contribution in [0.3, 0.4) is 0 Å². The molecule has 0 amide bonds. The molecule has 2 rings (SSSR count). The van der Waals surface area contributed by atoms with E-state index in [4.69, 9.17) is 21.2 Å². The van der Waals surface area contributed by atoms with Crippen molar-refractivity contribution < 1.29 is 25.0 Å². The van der Waals surface area contributed by atoms with Crippen molar-refractivity contribution in [2.45, 2.75) is 12.5 Å². The van der Waals surface area contributed by atoms with Crippen LogP contribution >= 0.6 is 37.2 Å². The summed E-state index contributed by atoms with van der Waals surface area (Å²) in [4.78, 5) is 25.7. The van der Waals surface area contributed by atoms with Crippen molar-refractivity contribution in [3.05, 3.63) is 29.8 Å². The van der Waals surface area contributed by atoms with Crippen molar-refractivity contribution >= 4 is 60.7 Å². The maximum Gasteiger partial charge on any atom is 0.317 e. The minimum atomic E-state index is -0.935. The van der Waals surface area contributed by atoms with E-state index >= 15 is 0 Å². The lowest BCUT2D eigenvalue weighted by Crippen LogP contribution is -2.55. The fourth-order valence-electron chi connectivity index (χ4n) is 2.85. The summed E-state index contributed by atoms with van der Waals surface area (Å²) in [6.07, 6.45) is -0.0852. The molecule has 0 bridgehead atoms. The van der Waals surface area contributed by atoms with Crippen LogP contribution in [-0.4, -0.2) is 70.3 Å². The molecule has 1 saturated heterocycles. The number of aliphatic carboxylic acids is 2. The molecule has 0 aromatic heterocycles. The normalized spacial score (nSPS) is 17.1. The Morgan fingerprint density at radius 2 is 1.67 bits per heavy atom. The second kappa shape index (κ2) is 12.4. The van der Waals surface area contributed by atoms with Gasteiger partial charge in [0.25, 0.3) is 0 Å². The number of carboxylic acids is 2. The number of halogens is 3. The van der Waals surface area contributed by atoms with Crippen molar-refractivity contribution in [1.29, 1.82) is 0 Å². The van der Waals surface area contributed by atoms with Gasteiger partial charge in [-0.05, 0) is 24.3 Å². The van der Waals surface area contributed by atoms with Gasteiger partial charge in [-0.1, -0.05) is 5.16 Å². The molecule has 1 heterocycles. The summed E-state index contributed by atoms with van der Waals surface area (Å²) in [7, 11) is 0.